The highest BCUT2D eigenvalue weighted by atomic mass is 32.2. The molecule has 10 heteroatoms. The predicted octanol–water partition coefficient (Wildman–Crippen LogP) is 4.76. The van der Waals surface area contributed by atoms with Crippen molar-refractivity contribution in [2.45, 2.75) is 16.8 Å². The summed E-state index contributed by atoms with van der Waals surface area (Å²) in [6, 6.07) is 19.9. The molecule has 0 aliphatic carbocycles. The van der Waals surface area contributed by atoms with E-state index in [0.717, 1.165) is 27.6 Å². The van der Waals surface area contributed by atoms with Gasteiger partial charge in [-0.3, -0.25) is 4.79 Å². The topological polar surface area (TPSA) is 103 Å². The third kappa shape index (κ3) is 4.80. The first-order valence-electron chi connectivity index (χ1n) is 10.9. The van der Waals surface area contributed by atoms with Crippen LogP contribution in [-0.2, 0) is 4.79 Å². The molecule has 5 rings (SSSR count). The molecule has 1 aliphatic heterocycles. The van der Waals surface area contributed by atoms with Crippen molar-refractivity contribution < 1.29 is 14.3 Å². The van der Waals surface area contributed by atoms with Gasteiger partial charge < -0.3 is 15.2 Å². The number of methoxy groups -OCH3 is 2. The first-order valence-corrected chi connectivity index (χ1v) is 12.7. The summed E-state index contributed by atoms with van der Waals surface area (Å²) >= 11 is 2.56. The van der Waals surface area contributed by atoms with Crippen LogP contribution in [0.5, 0.6) is 11.5 Å². The molecule has 4 aromatic rings. The van der Waals surface area contributed by atoms with E-state index in [-0.39, 0.29) is 17.7 Å². The molecule has 0 bridgehead atoms. The summed E-state index contributed by atoms with van der Waals surface area (Å²) in [5, 5.41) is 16.8. The Balaban J connectivity index is 1.47. The van der Waals surface area contributed by atoms with Crippen LogP contribution in [0.15, 0.2) is 70.1 Å². The van der Waals surface area contributed by atoms with E-state index in [1.165, 1.54) is 23.1 Å². The third-order valence-corrected chi connectivity index (χ3v) is 7.65. The van der Waals surface area contributed by atoms with Gasteiger partial charge in [-0.05, 0) is 40.1 Å². The number of nitrogens with zero attached hydrogens (tertiary/aromatic N) is 4. The third-order valence-electron chi connectivity index (χ3n) is 5.78. The zero-order valence-corrected chi connectivity index (χ0v) is 20.8. The summed E-state index contributed by atoms with van der Waals surface area (Å²) in [6.07, 6.45) is 0.579. The van der Waals surface area contributed by atoms with Crippen LogP contribution in [0.4, 0.5) is 5.13 Å². The van der Waals surface area contributed by atoms with E-state index in [9.17, 15) is 4.79 Å². The number of hydrogen-bond acceptors (Lipinski definition) is 9. The Morgan fingerprint density at radius 1 is 1.06 bits per heavy atom. The van der Waals surface area contributed by atoms with Gasteiger partial charge in [-0.15, -0.1) is 10.2 Å². The Labute approximate surface area is 210 Å². The summed E-state index contributed by atoms with van der Waals surface area (Å²) in [7, 11) is 3.20. The minimum absolute atomic E-state index is 0.126. The minimum Gasteiger partial charge on any atom is -0.493 e. The van der Waals surface area contributed by atoms with Crippen LogP contribution >= 0.6 is 23.1 Å². The zero-order chi connectivity index (χ0) is 24.4. The van der Waals surface area contributed by atoms with Crippen molar-refractivity contribution >= 4 is 50.6 Å². The fourth-order valence-corrected chi connectivity index (χ4v) is 5.56. The summed E-state index contributed by atoms with van der Waals surface area (Å²) in [6.45, 7) is 0. The summed E-state index contributed by atoms with van der Waals surface area (Å²) in [4.78, 5) is 13.3. The number of aromatic nitrogens is 2. The number of hydrazone groups is 1. The molecule has 1 atom stereocenters. The van der Waals surface area contributed by atoms with Gasteiger partial charge in [0.2, 0.25) is 5.13 Å². The molecule has 35 heavy (non-hydrogen) atoms. The molecule has 0 fully saturated rings. The molecule has 0 spiro atoms. The number of anilines is 1. The number of nitrogen functional groups attached to an aromatic ring is 1. The minimum atomic E-state index is -0.274. The van der Waals surface area contributed by atoms with Crippen molar-refractivity contribution in [2.75, 3.05) is 25.7 Å². The molecular formula is C25H23N5O3S2. The van der Waals surface area contributed by atoms with Crippen LogP contribution in [0, 0.1) is 0 Å². The maximum absolute atomic E-state index is 13.3. The molecule has 1 aliphatic rings. The SMILES string of the molecule is COc1ccc(C2CC(c3ccc4ccccc4c3)=NN2C(=O)CSc2nnc(N)s2)cc1OC. The van der Waals surface area contributed by atoms with Crippen molar-refractivity contribution in [2.24, 2.45) is 5.10 Å². The maximum Gasteiger partial charge on any atom is 0.253 e. The van der Waals surface area contributed by atoms with Crippen LogP contribution < -0.4 is 15.2 Å². The molecule has 8 nitrogen and oxygen atoms in total. The first kappa shape index (κ1) is 23.1. The Kier molecular flexibility index (Phi) is 6.56. The highest BCUT2D eigenvalue weighted by Gasteiger charge is 2.33. The van der Waals surface area contributed by atoms with Crippen molar-refractivity contribution in [3.05, 3.63) is 71.8 Å². The molecule has 0 saturated carbocycles. The van der Waals surface area contributed by atoms with Crippen LogP contribution in [0.25, 0.3) is 10.8 Å². The number of ether oxygens (including phenoxy) is 2. The molecule has 1 aromatic heterocycles. The van der Waals surface area contributed by atoms with Gasteiger partial charge in [0.05, 0.1) is 31.7 Å². The molecule has 178 valence electrons. The smallest absolute Gasteiger partial charge is 0.253 e. The van der Waals surface area contributed by atoms with Gasteiger partial charge in [-0.1, -0.05) is 65.6 Å². The van der Waals surface area contributed by atoms with E-state index in [1.54, 1.807) is 19.2 Å². The fraction of sp³-hybridized carbons (Fsp3) is 0.200. The number of carbonyl (C=O) groups is 1. The first-order chi connectivity index (χ1) is 17.1. The van der Waals surface area contributed by atoms with Crippen molar-refractivity contribution in [1.82, 2.24) is 15.2 Å². The van der Waals surface area contributed by atoms with Crippen molar-refractivity contribution in [1.29, 1.82) is 0 Å². The van der Waals surface area contributed by atoms with Gasteiger partial charge in [-0.25, -0.2) is 5.01 Å². The number of rotatable bonds is 7. The molecular weight excluding hydrogens is 482 g/mol. The largest absolute Gasteiger partial charge is 0.493 e. The lowest BCUT2D eigenvalue weighted by Gasteiger charge is -2.22. The second kappa shape index (κ2) is 9.93. The highest BCUT2D eigenvalue weighted by molar-refractivity contribution is 8.01. The number of thioether (sulfide) groups is 1. The number of carbonyl (C=O) groups excluding carboxylic acids is 1. The van der Waals surface area contributed by atoms with Crippen LogP contribution in [0.2, 0.25) is 0 Å². The fourth-order valence-electron chi connectivity index (χ4n) is 4.07. The highest BCUT2D eigenvalue weighted by Crippen LogP contribution is 2.38. The summed E-state index contributed by atoms with van der Waals surface area (Å²) in [5.74, 6) is 1.29. The summed E-state index contributed by atoms with van der Waals surface area (Å²) in [5.41, 5.74) is 8.44. The van der Waals surface area contributed by atoms with E-state index in [1.807, 2.05) is 30.3 Å². The molecule has 0 saturated heterocycles. The monoisotopic (exact) mass is 505 g/mol. The molecule has 1 unspecified atom stereocenters. The Morgan fingerprint density at radius 3 is 2.60 bits per heavy atom. The maximum atomic E-state index is 13.3. The molecule has 1 amide bonds. The van der Waals surface area contributed by atoms with Crippen LogP contribution in [0.3, 0.4) is 0 Å². The van der Waals surface area contributed by atoms with E-state index < -0.39 is 0 Å². The van der Waals surface area contributed by atoms with Gasteiger partial charge in [0, 0.05) is 6.42 Å². The Bertz CT molecular complexity index is 1420. The molecule has 2 N–H and O–H groups in total. The summed E-state index contributed by atoms with van der Waals surface area (Å²) < 4.78 is 11.5. The zero-order valence-electron chi connectivity index (χ0n) is 19.2. The second-order valence-corrected chi connectivity index (χ2v) is 10.1. The van der Waals surface area contributed by atoms with Crippen LogP contribution in [0.1, 0.15) is 23.6 Å². The van der Waals surface area contributed by atoms with Crippen molar-refractivity contribution in [3.63, 3.8) is 0 Å². The van der Waals surface area contributed by atoms with Gasteiger partial charge in [0.25, 0.3) is 5.91 Å². The average molecular weight is 506 g/mol. The lowest BCUT2D eigenvalue weighted by Crippen LogP contribution is -2.28. The van der Waals surface area contributed by atoms with E-state index in [2.05, 4.69) is 40.5 Å². The standard InChI is InChI=1S/C25H23N5O3S2/c1-32-21-10-9-18(12-22(21)33-2)20-13-19(17-8-7-15-5-3-4-6-16(15)11-17)29-30(20)23(31)14-34-25-28-27-24(26)35-25/h3-12,20H,13-14H2,1-2H3,(H2,26,27). The van der Waals surface area contributed by atoms with Crippen LogP contribution in [-0.4, -0.2) is 46.8 Å². The van der Waals surface area contributed by atoms with E-state index in [0.29, 0.717) is 27.4 Å². The quantitative estimate of drug-likeness (QED) is 0.361. The van der Waals surface area contributed by atoms with E-state index in [4.69, 9.17) is 20.3 Å². The predicted molar refractivity (Wildman–Crippen MR) is 139 cm³/mol. The number of nitrogens with two attached hydrogens (primary N) is 1. The number of amides is 1. The molecule has 2 heterocycles. The molecule has 3 aromatic carbocycles. The normalized spacial score (nSPS) is 15.3. The van der Waals surface area contributed by atoms with Gasteiger partial charge in [0.1, 0.15) is 0 Å². The second-order valence-electron chi connectivity index (χ2n) is 7.88. The Hall–Kier alpha value is -3.63. The molecule has 0 radical (unpaired) electrons. The van der Waals surface area contributed by atoms with Crippen molar-refractivity contribution in [3.8, 4) is 11.5 Å². The lowest BCUT2D eigenvalue weighted by atomic mass is 9.96. The lowest BCUT2D eigenvalue weighted by molar-refractivity contribution is -0.130. The van der Waals surface area contributed by atoms with Gasteiger partial charge in [-0.2, -0.15) is 5.10 Å². The number of benzene rings is 3. The Morgan fingerprint density at radius 2 is 1.86 bits per heavy atom. The van der Waals surface area contributed by atoms with Gasteiger partial charge >= 0.3 is 0 Å². The average Bonchev–Trinajstić information content (AvgIpc) is 3.53. The number of hydrogen-bond donors (Lipinski definition) is 1. The van der Waals surface area contributed by atoms with E-state index >= 15 is 0 Å². The van der Waals surface area contributed by atoms with Gasteiger partial charge in [0.15, 0.2) is 15.8 Å². The number of fused-ring (bicyclic) bond motifs is 1.